The Bertz CT molecular complexity index is 625. The van der Waals surface area contributed by atoms with Gasteiger partial charge in [-0.25, -0.2) is 9.78 Å². The molecule has 1 aromatic carbocycles. The van der Waals surface area contributed by atoms with Crippen molar-refractivity contribution in [3.8, 4) is 0 Å². The van der Waals surface area contributed by atoms with Gasteiger partial charge in [-0.1, -0.05) is 0 Å². The fourth-order valence-corrected chi connectivity index (χ4v) is 1.44. The molecule has 0 aliphatic heterocycles. The maximum Gasteiger partial charge on any atom is 0.378 e. The molecule has 0 fully saturated rings. The molecule has 0 amide bonds. The Kier molecular flexibility index (Phi) is 3.27. The molecule has 0 aliphatic rings. The number of hydrogen-bond acceptors (Lipinski definition) is 6. The fourth-order valence-electron chi connectivity index (χ4n) is 1.44. The van der Waals surface area contributed by atoms with Gasteiger partial charge in [0.2, 0.25) is 0 Å². The van der Waals surface area contributed by atoms with E-state index in [1.165, 1.54) is 6.92 Å². The van der Waals surface area contributed by atoms with Gasteiger partial charge in [-0.3, -0.25) is 4.79 Å². The summed E-state index contributed by atoms with van der Waals surface area (Å²) in [6, 6.07) is 4.86. The smallest absolute Gasteiger partial charge is 0.378 e. The zero-order chi connectivity index (χ0) is 13.1. The van der Waals surface area contributed by atoms with Gasteiger partial charge in [0.05, 0.1) is 12.1 Å². The minimum Gasteiger partial charge on any atom is -0.460 e. The number of ether oxygens (including phenoxy) is 1. The molecule has 0 N–H and O–H groups in total. The normalized spacial score (nSPS) is 10.3. The molecular formula is C12H11N3O3. The van der Waals surface area contributed by atoms with Gasteiger partial charge < -0.3 is 4.74 Å². The van der Waals surface area contributed by atoms with E-state index in [1.54, 1.807) is 25.1 Å². The molecule has 2 rings (SSSR count). The summed E-state index contributed by atoms with van der Waals surface area (Å²) >= 11 is 0. The first-order chi connectivity index (χ1) is 8.61. The predicted octanol–water partition coefficient (Wildman–Crippen LogP) is 1.40. The average Bonchev–Trinajstić information content (AvgIpc) is 2.37. The lowest BCUT2D eigenvalue weighted by atomic mass is 10.1. The second kappa shape index (κ2) is 4.87. The van der Waals surface area contributed by atoms with E-state index in [4.69, 9.17) is 4.74 Å². The standard InChI is InChI=1S/C12H11N3O3/c1-3-18-12(17)11-13-10-6-8(7(2)16)4-5-9(10)14-15-11/h4-6H,3H2,1-2H3. The quantitative estimate of drug-likeness (QED) is 0.600. The number of carbonyl (C=O) groups excluding carboxylic acids is 2. The van der Waals surface area contributed by atoms with Crippen LogP contribution in [0.1, 0.15) is 34.8 Å². The first-order valence-electron chi connectivity index (χ1n) is 5.44. The summed E-state index contributed by atoms with van der Waals surface area (Å²) in [7, 11) is 0. The number of fused-ring (bicyclic) bond motifs is 1. The molecule has 2 aromatic rings. The van der Waals surface area contributed by atoms with Crippen LogP contribution < -0.4 is 0 Å². The number of Topliss-reactive ketones (excluding diaryl/α,β-unsaturated/α-hetero) is 1. The highest BCUT2D eigenvalue weighted by Crippen LogP contribution is 2.12. The number of rotatable bonds is 3. The van der Waals surface area contributed by atoms with Crippen LogP contribution in [0.15, 0.2) is 18.2 Å². The summed E-state index contributed by atoms with van der Waals surface area (Å²) in [4.78, 5) is 26.7. The van der Waals surface area contributed by atoms with Crippen molar-refractivity contribution in [2.45, 2.75) is 13.8 Å². The number of nitrogens with zero attached hydrogens (tertiary/aromatic N) is 3. The van der Waals surface area contributed by atoms with Gasteiger partial charge in [-0.15, -0.1) is 10.2 Å². The van der Waals surface area contributed by atoms with Crippen molar-refractivity contribution < 1.29 is 14.3 Å². The topological polar surface area (TPSA) is 82.0 Å². The molecule has 0 radical (unpaired) electrons. The summed E-state index contributed by atoms with van der Waals surface area (Å²) in [5, 5.41) is 7.54. The van der Waals surface area contributed by atoms with Crippen molar-refractivity contribution in [1.82, 2.24) is 15.2 Å². The van der Waals surface area contributed by atoms with Gasteiger partial charge in [0.25, 0.3) is 5.82 Å². The van der Waals surface area contributed by atoms with Gasteiger partial charge in [-0.05, 0) is 32.0 Å². The van der Waals surface area contributed by atoms with E-state index in [9.17, 15) is 9.59 Å². The molecule has 0 aliphatic carbocycles. The zero-order valence-electron chi connectivity index (χ0n) is 10.0. The van der Waals surface area contributed by atoms with Crippen LogP contribution in [0.3, 0.4) is 0 Å². The van der Waals surface area contributed by atoms with Crippen LogP contribution in [0.4, 0.5) is 0 Å². The van der Waals surface area contributed by atoms with Crippen molar-refractivity contribution in [1.29, 1.82) is 0 Å². The highest BCUT2D eigenvalue weighted by atomic mass is 16.5. The molecule has 6 nitrogen and oxygen atoms in total. The Morgan fingerprint density at radius 3 is 2.67 bits per heavy atom. The minimum absolute atomic E-state index is 0.0757. The first-order valence-corrected chi connectivity index (χ1v) is 5.44. The molecule has 18 heavy (non-hydrogen) atoms. The number of benzene rings is 1. The third kappa shape index (κ3) is 2.32. The summed E-state index contributed by atoms with van der Waals surface area (Å²) in [5.74, 6) is -0.807. The van der Waals surface area contributed by atoms with Crippen LogP contribution >= 0.6 is 0 Å². The predicted molar refractivity (Wildman–Crippen MR) is 63.3 cm³/mol. The first kappa shape index (κ1) is 12.1. The number of aromatic nitrogens is 3. The lowest BCUT2D eigenvalue weighted by Gasteiger charge is -2.02. The lowest BCUT2D eigenvalue weighted by molar-refractivity contribution is 0.0511. The van der Waals surface area contributed by atoms with Crippen LogP contribution in [-0.2, 0) is 4.74 Å². The molecule has 0 atom stereocenters. The number of esters is 1. The van der Waals surface area contributed by atoms with Gasteiger partial charge in [0.15, 0.2) is 5.78 Å². The van der Waals surface area contributed by atoms with E-state index in [0.717, 1.165) is 0 Å². The molecule has 0 saturated carbocycles. The van der Waals surface area contributed by atoms with E-state index in [2.05, 4.69) is 15.2 Å². The minimum atomic E-state index is -0.625. The zero-order valence-corrected chi connectivity index (χ0v) is 10.0. The number of carbonyl (C=O) groups is 2. The lowest BCUT2D eigenvalue weighted by Crippen LogP contribution is -2.11. The van der Waals surface area contributed by atoms with Crippen LogP contribution in [-0.4, -0.2) is 33.5 Å². The van der Waals surface area contributed by atoms with Crippen molar-refractivity contribution in [2.24, 2.45) is 0 Å². The third-order valence-corrected chi connectivity index (χ3v) is 2.32. The van der Waals surface area contributed by atoms with Crippen molar-refractivity contribution in [3.63, 3.8) is 0 Å². The Hall–Kier alpha value is -2.37. The molecule has 6 heteroatoms. The Balaban J connectivity index is 2.48. The SMILES string of the molecule is CCOC(=O)c1nnc2ccc(C(C)=O)cc2n1. The van der Waals surface area contributed by atoms with Gasteiger partial charge in [0, 0.05) is 5.56 Å². The van der Waals surface area contributed by atoms with Gasteiger partial charge >= 0.3 is 5.97 Å². The van der Waals surface area contributed by atoms with Crippen molar-refractivity contribution in [3.05, 3.63) is 29.6 Å². The molecular weight excluding hydrogens is 234 g/mol. The van der Waals surface area contributed by atoms with E-state index in [-0.39, 0.29) is 18.2 Å². The molecule has 1 aromatic heterocycles. The van der Waals surface area contributed by atoms with Crippen molar-refractivity contribution >= 4 is 22.8 Å². The van der Waals surface area contributed by atoms with Crippen LogP contribution in [0, 0.1) is 0 Å². The average molecular weight is 245 g/mol. The van der Waals surface area contributed by atoms with E-state index < -0.39 is 5.97 Å². The van der Waals surface area contributed by atoms with Crippen molar-refractivity contribution in [2.75, 3.05) is 6.61 Å². The number of hydrogen-bond donors (Lipinski definition) is 0. The maximum atomic E-state index is 11.5. The summed E-state index contributed by atoms with van der Waals surface area (Å²) < 4.78 is 4.78. The molecule has 0 saturated heterocycles. The summed E-state index contributed by atoms with van der Waals surface area (Å²) in [6.45, 7) is 3.40. The fraction of sp³-hybridized carbons (Fsp3) is 0.250. The Morgan fingerprint density at radius 2 is 2.00 bits per heavy atom. The van der Waals surface area contributed by atoms with Crippen LogP contribution in [0.2, 0.25) is 0 Å². The van der Waals surface area contributed by atoms with Gasteiger partial charge in [-0.2, -0.15) is 0 Å². The maximum absolute atomic E-state index is 11.5. The molecule has 0 unspecified atom stereocenters. The van der Waals surface area contributed by atoms with E-state index in [1.807, 2.05) is 0 Å². The molecule has 1 heterocycles. The molecule has 0 spiro atoms. The Morgan fingerprint density at radius 1 is 1.22 bits per heavy atom. The summed E-state index contributed by atoms with van der Waals surface area (Å²) in [5.41, 5.74) is 1.48. The van der Waals surface area contributed by atoms with Crippen LogP contribution in [0.25, 0.3) is 11.0 Å². The number of ketones is 1. The largest absolute Gasteiger partial charge is 0.460 e. The monoisotopic (exact) mass is 245 g/mol. The second-order valence-corrected chi connectivity index (χ2v) is 3.62. The van der Waals surface area contributed by atoms with E-state index >= 15 is 0 Å². The molecule has 92 valence electrons. The summed E-state index contributed by atoms with van der Waals surface area (Å²) in [6.07, 6.45) is 0. The third-order valence-electron chi connectivity index (χ3n) is 2.32. The Labute approximate surface area is 103 Å². The van der Waals surface area contributed by atoms with E-state index in [0.29, 0.717) is 16.6 Å². The second-order valence-electron chi connectivity index (χ2n) is 3.62. The van der Waals surface area contributed by atoms with Crippen LogP contribution in [0.5, 0.6) is 0 Å². The van der Waals surface area contributed by atoms with Gasteiger partial charge in [0.1, 0.15) is 5.52 Å². The molecule has 0 bridgehead atoms. The highest BCUT2D eigenvalue weighted by Gasteiger charge is 2.12. The highest BCUT2D eigenvalue weighted by molar-refractivity contribution is 5.97.